The molecule has 0 spiro atoms. The summed E-state index contributed by atoms with van der Waals surface area (Å²) in [5.41, 5.74) is 3.77. The molecule has 0 amide bonds. The van der Waals surface area contributed by atoms with Crippen molar-refractivity contribution in [3.63, 3.8) is 0 Å². The fourth-order valence-corrected chi connectivity index (χ4v) is 2.29. The van der Waals surface area contributed by atoms with Gasteiger partial charge in [0.05, 0.1) is 6.61 Å². The Hall–Kier alpha value is -2.02. The van der Waals surface area contributed by atoms with Crippen LogP contribution in [0.3, 0.4) is 0 Å². The molecular weight excluding hydrogens is 256 g/mol. The van der Waals surface area contributed by atoms with Crippen molar-refractivity contribution in [1.82, 2.24) is 0 Å². The van der Waals surface area contributed by atoms with Gasteiger partial charge in [0.25, 0.3) is 0 Å². The number of para-hydroxylation sites is 1. The summed E-state index contributed by atoms with van der Waals surface area (Å²) in [5, 5.41) is 0. The first-order valence-corrected chi connectivity index (χ1v) is 7.82. The number of hydrogen-bond acceptors (Lipinski definition) is 1. The van der Waals surface area contributed by atoms with Gasteiger partial charge in [-0.05, 0) is 30.0 Å². The van der Waals surface area contributed by atoms with Gasteiger partial charge < -0.3 is 4.74 Å². The summed E-state index contributed by atoms with van der Waals surface area (Å²) < 4.78 is 5.79. The SMILES string of the molecule is CCCOc1ccccc1/C=C\c1cccc(CCC)c1. The van der Waals surface area contributed by atoms with Crippen LogP contribution in [0.4, 0.5) is 0 Å². The van der Waals surface area contributed by atoms with Crippen molar-refractivity contribution in [1.29, 1.82) is 0 Å². The second-order valence-electron chi connectivity index (χ2n) is 5.21. The highest BCUT2D eigenvalue weighted by Crippen LogP contribution is 2.21. The van der Waals surface area contributed by atoms with Crippen molar-refractivity contribution in [3.8, 4) is 5.75 Å². The minimum absolute atomic E-state index is 0.761. The Kier molecular flexibility index (Phi) is 6.08. The lowest BCUT2D eigenvalue weighted by atomic mass is 10.1. The Morgan fingerprint density at radius 1 is 0.905 bits per heavy atom. The van der Waals surface area contributed by atoms with Gasteiger partial charge in [0.1, 0.15) is 5.75 Å². The van der Waals surface area contributed by atoms with Crippen LogP contribution >= 0.6 is 0 Å². The molecule has 0 unspecified atom stereocenters. The van der Waals surface area contributed by atoms with E-state index in [4.69, 9.17) is 4.74 Å². The molecule has 1 nitrogen and oxygen atoms in total. The Morgan fingerprint density at radius 2 is 1.76 bits per heavy atom. The third-order valence-electron chi connectivity index (χ3n) is 3.33. The number of aryl methyl sites for hydroxylation is 1. The van der Waals surface area contributed by atoms with Crippen LogP contribution in [0.1, 0.15) is 43.4 Å². The van der Waals surface area contributed by atoms with Crippen LogP contribution in [0.25, 0.3) is 12.2 Å². The maximum atomic E-state index is 5.79. The molecule has 2 rings (SSSR count). The first kappa shape index (κ1) is 15.4. The smallest absolute Gasteiger partial charge is 0.126 e. The molecule has 0 aromatic heterocycles. The second-order valence-corrected chi connectivity index (χ2v) is 5.21. The summed E-state index contributed by atoms with van der Waals surface area (Å²) in [4.78, 5) is 0. The van der Waals surface area contributed by atoms with Crippen LogP contribution in [0.15, 0.2) is 48.5 Å². The first-order valence-electron chi connectivity index (χ1n) is 7.82. The van der Waals surface area contributed by atoms with Crippen LogP contribution in [-0.2, 0) is 6.42 Å². The summed E-state index contributed by atoms with van der Waals surface area (Å²) in [6, 6.07) is 16.9. The van der Waals surface area contributed by atoms with Gasteiger partial charge in [-0.15, -0.1) is 0 Å². The average molecular weight is 280 g/mol. The van der Waals surface area contributed by atoms with Gasteiger partial charge in [0.15, 0.2) is 0 Å². The number of benzene rings is 2. The van der Waals surface area contributed by atoms with Crippen molar-refractivity contribution in [2.24, 2.45) is 0 Å². The Morgan fingerprint density at radius 3 is 2.57 bits per heavy atom. The van der Waals surface area contributed by atoms with Crippen molar-refractivity contribution in [3.05, 3.63) is 65.2 Å². The van der Waals surface area contributed by atoms with Gasteiger partial charge in [-0.25, -0.2) is 0 Å². The van der Waals surface area contributed by atoms with E-state index >= 15 is 0 Å². The molecule has 0 aliphatic carbocycles. The quantitative estimate of drug-likeness (QED) is 0.600. The molecule has 0 N–H and O–H groups in total. The molecular formula is C20H24O. The molecule has 0 atom stereocenters. The summed E-state index contributed by atoms with van der Waals surface area (Å²) in [6.45, 7) is 5.10. The van der Waals surface area contributed by atoms with Crippen molar-refractivity contribution in [2.45, 2.75) is 33.1 Å². The fraction of sp³-hybridized carbons (Fsp3) is 0.300. The number of hydrogen-bond donors (Lipinski definition) is 0. The maximum Gasteiger partial charge on any atom is 0.126 e. The summed E-state index contributed by atoms with van der Waals surface area (Å²) >= 11 is 0. The molecule has 21 heavy (non-hydrogen) atoms. The van der Waals surface area contributed by atoms with Gasteiger partial charge in [0, 0.05) is 5.56 Å². The van der Waals surface area contributed by atoms with Crippen molar-refractivity contribution in [2.75, 3.05) is 6.61 Å². The molecule has 0 aliphatic heterocycles. The summed E-state index contributed by atoms with van der Waals surface area (Å²) in [5.74, 6) is 0.959. The van der Waals surface area contributed by atoms with Crippen LogP contribution in [-0.4, -0.2) is 6.61 Å². The maximum absolute atomic E-state index is 5.79. The molecule has 0 fully saturated rings. The molecule has 0 aliphatic rings. The Labute approximate surface area is 128 Å². The molecule has 0 saturated carbocycles. The lowest BCUT2D eigenvalue weighted by Crippen LogP contribution is -1.96. The highest BCUT2D eigenvalue weighted by atomic mass is 16.5. The van der Waals surface area contributed by atoms with E-state index in [-0.39, 0.29) is 0 Å². The highest BCUT2D eigenvalue weighted by molar-refractivity contribution is 5.72. The molecule has 0 heterocycles. The second kappa shape index (κ2) is 8.31. The fourth-order valence-electron chi connectivity index (χ4n) is 2.29. The van der Waals surface area contributed by atoms with Gasteiger partial charge >= 0.3 is 0 Å². The lowest BCUT2D eigenvalue weighted by molar-refractivity contribution is 0.317. The van der Waals surface area contributed by atoms with Gasteiger partial charge in [0.2, 0.25) is 0 Å². The zero-order valence-corrected chi connectivity index (χ0v) is 13.0. The third kappa shape index (κ3) is 4.78. The molecule has 2 aromatic rings. The molecule has 2 aromatic carbocycles. The van der Waals surface area contributed by atoms with Gasteiger partial charge in [-0.2, -0.15) is 0 Å². The standard InChI is InChI=1S/C20H24O/c1-3-8-17-9-7-10-18(16-17)13-14-19-11-5-6-12-20(19)21-15-4-2/h5-7,9-14,16H,3-4,8,15H2,1-2H3/b14-13-. The van der Waals surface area contributed by atoms with Crippen LogP contribution in [0, 0.1) is 0 Å². The van der Waals surface area contributed by atoms with Crippen molar-refractivity contribution >= 4 is 12.2 Å². The predicted octanol–water partition coefficient (Wildman–Crippen LogP) is 5.60. The van der Waals surface area contributed by atoms with Gasteiger partial charge in [-0.1, -0.05) is 74.9 Å². The number of ether oxygens (including phenoxy) is 1. The van der Waals surface area contributed by atoms with E-state index in [0.717, 1.165) is 30.8 Å². The zero-order valence-electron chi connectivity index (χ0n) is 13.0. The van der Waals surface area contributed by atoms with E-state index in [0.29, 0.717) is 0 Å². The van der Waals surface area contributed by atoms with Crippen LogP contribution < -0.4 is 4.74 Å². The minimum atomic E-state index is 0.761. The van der Waals surface area contributed by atoms with Crippen molar-refractivity contribution < 1.29 is 4.74 Å². The van der Waals surface area contributed by atoms with Crippen LogP contribution in [0.2, 0.25) is 0 Å². The summed E-state index contributed by atoms with van der Waals surface area (Å²) in [6.07, 6.45) is 7.64. The lowest BCUT2D eigenvalue weighted by Gasteiger charge is -2.07. The van der Waals surface area contributed by atoms with E-state index < -0.39 is 0 Å². The Bertz CT molecular complexity index is 584. The molecule has 1 heteroatoms. The van der Waals surface area contributed by atoms with E-state index in [2.05, 4.69) is 56.3 Å². The molecule has 0 bridgehead atoms. The van der Waals surface area contributed by atoms with Crippen LogP contribution in [0.5, 0.6) is 5.75 Å². The van der Waals surface area contributed by atoms with Gasteiger partial charge in [-0.3, -0.25) is 0 Å². The van der Waals surface area contributed by atoms with E-state index in [1.165, 1.54) is 17.5 Å². The predicted molar refractivity (Wildman–Crippen MR) is 91.6 cm³/mol. The molecule has 0 saturated heterocycles. The third-order valence-corrected chi connectivity index (χ3v) is 3.33. The average Bonchev–Trinajstić information content (AvgIpc) is 2.52. The van der Waals surface area contributed by atoms with E-state index in [9.17, 15) is 0 Å². The van der Waals surface area contributed by atoms with E-state index in [1.54, 1.807) is 0 Å². The normalized spacial score (nSPS) is 11.0. The minimum Gasteiger partial charge on any atom is -0.493 e. The number of rotatable bonds is 7. The summed E-state index contributed by atoms with van der Waals surface area (Å²) in [7, 11) is 0. The largest absolute Gasteiger partial charge is 0.493 e. The topological polar surface area (TPSA) is 9.23 Å². The Balaban J connectivity index is 2.15. The first-order chi connectivity index (χ1) is 10.3. The molecule has 110 valence electrons. The monoisotopic (exact) mass is 280 g/mol. The molecule has 0 radical (unpaired) electrons. The highest BCUT2D eigenvalue weighted by Gasteiger charge is 1.99. The van der Waals surface area contributed by atoms with E-state index in [1.807, 2.05) is 18.2 Å². The zero-order chi connectivity index (χ0) is 14.9.